The molecule has 2 aromatic carbocycles. The van der Waals surface area contributed by atoms with Gasteiger partial charge in [-0.1, -0.05) is 45.7 Å². The topological polar surface area (TPSA) is 58.2 Å². The molecule has 0 saturated carbocycles. The van der Waals surface area contributed by atoms with Crippen molar-refractivity contribution < 1.29 is 9.59 Å². The van der Waals surface area contributed by atoms with Gasteiger partial charge in [-0.15, -0.1) is 0 Å². The van der Waals surface area contributed by atoms with Crippen molar-refractivity contribution in [3.8, 4) is 0 Å². The zero-order valence-corrected chi connectivity index (χ0v) is 13.7. The fourth-order valence-electron chi connectivity index (χ4n) is 1.61. The van der Waals surface area contributed by atoms with Gasteiger partial charge in [0.25, 0.3) is 11.8 Å². The van der Waals surface area contributed by atoms with Crippen molar-refractivity contribution in [3.05, 3.63) is 75.2 Å². The number of carbonyl (C=O) groups is 2. The number of rotatable bonds is 3. The molecule has 0 aliphatic carbocycles. The van der Waals surface area contributed by atoms with Crippen LogP contribution < -0.4 is 10.9 Å². The maximum Gasteiger partial charge on any atom is 0.269 e. The summed E-state index contributed by atoms with van der Waals surface area (Å²) in [4.78, 5) is 23.5. The molecule has 0 aliphatic rings. The summed E-state index contributed by atoms with van der Waals surface area (Å²) in [5.74, 6) is -0.850. The molecule has 0 atom stereocenters. The van der Waals surface area contributed by atoms with Crippen LogP contribution in [0.4, 0.5) is 0 Å². The molecular weight excluding hydrogens is 368 g/mol. The highest BCUT2D eigenvalue weighted by Gasteiger charge is 2.05. The number of amides is 2. The highest BCUT2D eigenvalue weighted by Crippen LogP contribution is 2.16. The Kier molecular flexibility index (Phi) is 5.75. The average molecular weight is 380 g/mol. The van der Waals surface area contributed by atoms with Crippen LogP contribution in [0.2, 0.25) is 5.02 Å². The Labute approximate surface area is 141 Å². The Bertz CT molecular complexity index is 714. The minimum atomic E-state index is -0.432. The summed E-state index contributed by atoms with van der Waals surface area (Å²) >= 11 is 9.12. The van der Waals surface area contributed by atoms with E-state index in [2.05, 4.69) is 26.8 Å². The van der Waals surface area contributed by atoms with Gasteiger partial charge in [0.15, 0.2) is 0 Å². The van der Waals surface area contributed by atoms with E-state index in [-0.39, 0.29) is 0 Å². The molecule has 0 fully saturated rings. The first kappa shape index (κ1) is 16.3. The predicted octanol–water partition coefficient (Wildman–Crippen LogP) is 3.58. The Morgan fingerprint density at radius 3 is 2.36 bits per heavy atom. The Hall–Kier alpha value is -2.11. The van der Waals surface area contributed by atoms with Crippen LogP contribution >= 0.6 is 27.5 Å². The van der Waals surface area contributed by atoms with Crippen molar-refractivity contribution in [3.63, 3.8) is 0 Å². The lowest BCUT2D eigenvalue weighted by Crippen LogP contribution is -2.40. The first-order valence-corrected chi connectivity index (χ1v) is 7.52. The third-order valence-corrected chi connectivity index (χ3v) is 3.70. The van der Waals surface area contributed by atoms with E-state index >= 15 is 0 Å². The van der Waals surface area contributed by atoms with E-state index < -0.39 is 11.8 Å². The molecule has 0 saturated heterocycles. The van der Waals surface area contributed by atoms with Gasteiger partial charge in [-0.05, 0) is 42.0 Å². The number of hydrazine groups is 1. The SMILES string of the molecule is O=C(/C=C/c1ccccc1Br)NNC(=O)c1ccc(Cl)cc1. The molecule has 112 valence electrons. The average Bonchev–Trinajstić information content (AvgIpc) is 2.52. The molecule has 22 heavy (non-hydrogen) atoms. The van der Waals surface area contributed by atoms with Crippen LogP contribution in [0, 0.1) is 0 Å². The van der Waals surface area contributed by atoms with Gasteiger partial charge in [0.05, 0.1) is 0 Å². The summed E-state index contributed by atoms with van der Waals surface area (Å²) in [6.07, 6.45) is 2.98. The third kappa shape index (κ3) is 4.72. The maximum atomic E-state index is 11.8. The van der Waals surface area contributed by atoms with Gasteiger partial charge in [-0.25, -0.2) is 0 Å². The third-order valence-electron chi connectivity index (χ3n) is 2.73. The number of hydrogen-bond donors (Lipinski definition) is 2. The quantitative estimate of drug-likeness (QED) is 0.632. The van der Waals surface area contributed by atoms with Crippen LogP contribution in [0.15, 0.2) is 59.1 Å². The highest BCUT2D eigenvalue weighted by atomic mass is 79.9. The molecule has 0 radical (unpaired) electrons. The Morgan fingerprint density at radius 2 is 1.68 bits per heavy atom. The van der Waals surface area contributed by atoms with Crippen molar-refractivity contribution in [1.82, 2.24) is 10.9 Å². The molecule has 0 aromatic heterocycles. The van der Waals surface area contributed by atoms with Crippen LogP contribution in [-0.4, -0.2) is 11.8 Å². The largest absolute Gasteiger partial charge is 0.269 e. The number of halogens is 2. The van der Waals surface area contributed by atoms with Crippen LogP contribution in [0.5, 0.6) is 0 Å². The number of carbonyl (C=O) groups excluding carboxylic acids is 2. The molecule has 2 amide bonds. The van der Waals surface area contributed by atoms with Crippen molar-refractivity contribution in [2.24, 2.45) is 0 Å². The van der Waals surface area contributed by atoms with Crippen molar-refractivity contribution >= 4 is 45.4 Å². The highest BCUT2D eigenvalue weighted by molar-refractivity contribution is 9.10. The fourth-order valence-corrected chi connectivity index (χ4v) is 2.15. The zero-order valence-electron chi connectivity index (χ0n) is 11.3. The van der Waals surface area contributed by atoms with Crippen LogP contribution in [0.25, 0.3) is 6.08 Å². The molecule has 4 nitrogen and oxygen atoms in total. The summed E-state index contributed by atoms with van der Waals surface area (Å²) in [5.41, 5.74) is 5.90. The van der Waals surface area contributed by atoms with Crippen LogP contribution in [0.3, 0.4) is 0 Å². The van der Waals surface area contributed by atoms with Crippen LogP contribution in [0.1, 0.15) is 15.9 Å². The summed E-state index contributed by atoms with van der Waals surface area (Å²) in [5, 5.41) is 0.539. The van der Waals surface area contributed by atoms with Gasteiger partial charge < -0.3 is 0 Å². The molecule has 2 aromatic rings. The molecule has 0 aliphatic heterocycles. The fraction of sp³-hybridized carbons (Fsp3) is 0. The van der Waals surface area contributed by atoms with Crippen LogP contribution in [-0.2, 0) is 4.79 Å². The second-order valence-corrected chi connectivity index (χ2v) is 5.60. The normalized spacial score (nSPS) is 10.5. The van der Waals surface area contributed by atoms with E-state index in [4.69, 9.17) is 11.6 Å². The number of hydrogen-bond acceptors (Lipinski definition) is 2. The van der Waals surface area contributed by atoms with Gasteiger partial charge in [-0.2, -0.15) is 0 Å². The Morgan fingerprint density at radius 1 is 1.00 bits per heavy atom. The molecule has 2 rings (SSSR count). The Balaban J connectivity index is 1.89. The standard InChI is InChI=1S/C16H12BrClN2O2/c17-14-4-2-1-3-11(14)7-10-15(21)19-20-16(22)12-5-8-13(18)9-6-12/h1-10H,(H,19,21)(H,20,22)/b10-7+. The minimum absolute atomic E-state index is 0.402. The summed E-state index contributed by atoms with van der Waals surface area (Å²) < 4.78 is 0.879. The van der Waals surface area contributed by atoms with Gasteiger partial charge in [0.1, 0.15) is 0 Å². The molecular formula is C16H12BrClN2O2. The molecule has 2 N–H and O–H groups in total. The van der Waals surface area contributed by atoms with Crippen molar-refractivity contribution in [2.45, 2.75) is 0 Å². The van der Waals surface area contributed by atoms with E-state index in [0.717, 1.165) is 10.0 Å². The first-order chi connectivity index (χ1) is 10.6. The summed E-state index contributed by atoms with van der Waals surface area (Å²) in [7, 11) is 0. The second kappa shape index (κ2) is 7.77. The van der Waals surface area contributed by atoms with E-state index in [1.54, 1.807) is 30.3 Å². The number of nitrogens with one attached hydrogen (secondary N) is 2. The monoisotopic (exact) mass is 378 g/mol. The number of benzene rings is 2. The second-order valence-electron chi connectivity index (χ2n) is 4.31. The minimum Gasteiger partial charge on any atom is -0.268 e. The zero-order chi connectivity index (χ0) is 15.9. The summed E-state index contributed by atoms with van der Waals surface area (Å²) in [6.45, 7) is 0. The van der Waals surface area contributed by atoms with Gasteiger partial charge >= 0.3 is 0 Å². The molecule has 0 unspecified atom stereocenters. The maximum absolute atomic E-state index is 11.8. The van der Waals surface area contributed by atoms with E-state index in [1.165, 1.54) is 6.08 Å². The molecule has 0 heterocycles. The van der Waals surface area contributed by atoms with E-state index in [0.29, 0.717) is 10.6 Å². The van der Waals surface area contributed by atoms with E-state index in [9.17, 15) is 9.59 Å². The van der Waals surface area contributed by atoms with Crippen molar-refractivity contribution in [1.29, 1.82) is 0 Å². The van der Waals surface area contributed by atoms with Crippen molar-refractivity contribution in [2.75, 3.05) is 0 Å². The van der Waals surface area contributed by atoms with E-state index in [1.807, 2.05) is 24.3 Å². The predicted molar refractivity (Wildman–Crippen MR) is 90.2 cm³/mol. The lowest BCUT2D eigenvalue weighted by Gasteiger charge is -2.05. The van der Waals surface area contributed by atoms with Gasteiger partial charge in [0, 0.05) is 21.1 Å². The van der Waals surface area contributed by atoms with Gasteiger partial charge in [-0.3, -0.25) is 20.4 Å². The first-order valence-electron chi connectivity index (χ1n) is 6.35. The summed E-state index contributed by atoms with van der Waals surface area (Å²) in [6, 6.07) is 13.8. The molecule has 0 bridgehead atoms. The molecule has 6 heteroatoms. The van der Waals surface area contributed by atoms with Gasteiger partial charge in [0.2, 0.25) is 0 Å². The lowest BCUT2D eigenvalue weighted by molar-refractivity contribution is -0.117. The lowest BCUT2D eigenvalue weighted by atomic mass is 10.2. The molecule has 0 spiro atoms. The smallest absolute Gasteiger partial charge is 0.268 e.